The zero-order chi connectivity index (χ0) is 27.6. The van der Waals surface area contributed by atoms with Gasteiger partial charge < -0.3 is 15.2 Å². The van der Waals surface area contributed by atoms with Crippen LogP contribution < -0.4 is 15.6 Å². The average molecular weight is 514 g/mol. The van der Waals surface area contributed by atoms with Gasteiger partial charge in [0.1, 0.15) is 17.6 Å². The van der Waals surface area contributed by atoms with Gasteiger partial charge in [0.25, 0.3) is 5.91 Å². The van der Waals surface area contributed by atoms with Crippen molar-refractivity contribution in [3.05, 3.63) is 82.8 Å². The summed E-state index contributed by atoms with van der Waals surface area (Å²) in [6.45, 7) is 6.54. The van der Waals surface area contributed by atoms with E-state index in [1.807, 2.05) is 13.0 Å². The van der Waals surface area contributed by atoms with Crippen molar-refractivity contribution in [2.45, 2.75) is 27.7 Å². The molecular weight excluding hydrogens is 486 g/mol. The molecule has 0 saturated heterocycles. The monoisotopic (exact) mass is 513 g/mol. The van der Waals surface area contributed by atoms with E-state index in [0.717, 1.165) is 10.6 Å². The molecule has 4 rings (SSSR count). The highest BCUT2D eigenvalue weighted by Gasteiger charge is 2.63. The lowest BCUT2D eigenvalue weighted by Crippen LogP contribution is -2.53. The summed E-state index contributed by atoms with van der Waals surface area (Å²) >= 11 is 0. The lowest BCUT2D eigenvalue weighted by molar-refractivity contribution is -0.143. The van der Waals surface area contributed by atoms with Crippen LogP contribution in [0.2, 0.25) is 0 Å². The fourth-order valence-electron chi connectivity index (χ4n) is 4.69. The number of hydrogen-bond acceptors (Lipinski definition) is 9. The molecule has 2 aliphatic rings. The maximum Gasteiger partial charge on any atom is 0.355 e. The molecule has 2 aromatic rings. The van der Waals surface area contributed by atoms with E-state index in [2.05, 4.69) is 5.10 Å². The van der Waals surface area contributed by atoms with Crippen molar-refractivity contribution in [3.8, 4) is 6.07 Å². The van der Waals surface area contributed by atoms with Crippen LogP contribution in [0.5, 0.6) is 0 Å². The topological polar surface area (TPSA) is 138 Å². The average Bonchev–Trinajstić information content (AvgIpc) is 3.16. The van der Waals surface area contributed by atoms with Crippen molar-refractivity contribution in [3.63, 3.8) is 0 Å². The van der Waals surface area contributed by atoms with Crippen LogP contribution >= 0.6 is 0 Å². The van der Waals surface area contributed by atoms with E-state index in [4.69, 9.17) is 15.2 Å². The zero-order valence-electron chi connectivity index (χ0n) is 21.5. The number of aryl methyl sites for hydroxylation is 1. The third-order valence-corrected chi connectivity index (χ3v) is 6.37. The number of hydrazone groups is 1. The van der Waals surface area contributed by atoms with Crippen LogP contribution in [0.3, 0.4) is 0 Å². The molecule has 2 heterocycles. The molecule has 0 saturated carbocycles. The van der Waals surface area contributed by atoms with Crippen molar-refractivity contribution in [2.75, 3.05) is 23.1 Å². The summed E-state index contributed by atoms with van der Waals surface area (Å²) in [5.74, 6) is -2.82. The summed E-state index contributed by atoms with van der Waals surface area (Å²) in [4.78, 5) is 42.8. The second-order valence-electron chi connectivity index (χ2n) is 8.60. The van der Waals surface area contributed by atoms with Crippen molar-refractivity contribution in [2.24, 2.45) is 16.3 Å². The fourth-order valence-corrected chi connectivity index (χ4v) is 4.69. The van der Waals surface area contributed by atoms with Crippen LogP contribution in [0, 0.1) is 23.7 Å². The highest BCUT2D eigenvalue weighted by molar-refractivity contribution is 6.29. The second-order valence-corrected chi connectivity index (χ2v) is 8.60. The normalized spacial score (nSPS) is 19.0. The molecule has 1 amide bonds. The molecule has 194 valence electrons. The molecule has 1 atom stereocenters. The predicted octanol–water partition coefficient (Wildman–Crippen LogP) is 3.30. The minimum absolute atomic E-state index is 0.0148. The number of ether oxygens (including phenoxy) is 2. The predicted molar refractivity (Wildman–Crippen MR) is 140 cm³/mol. The maximum absolute atomic E-state index is 14.3. The van der Waals surface area contributed by atoms with Gasteiger partial charge >= 0.3 is 11.9 Å². The Bertz CT molecular complexity index is 1440. The molecule has 38 heavy (non-hydrogen) atoms. The first-order valence-corrected chi connectivity index (χ1v) is 12.0. The third-order valence-electron chi connectivity index (χ3n) is 6.37. The van der Waals surface area contributed by atoms with Crippen molar-refractivity contribution < 1.29 is 23.9 Å². The number of nitrogens with zero attached hydrogens (tertiary/aromatic N) is 4. The van der Waals surface area contributed by atoms with E-state index in [1.54, 1.807) is 68.4 Å². The smallest absolute Gasteiger partial charge is 0.355 e. The molecule has 1 spiro atoms. The first-order valence-electron chi connectivity index (χ1n) is 12.0. The number of rotatable bonds is 6. The Labute approximate surface area is 220 Å². The molecule has 2 N–H and O–H groups in total. The van der Waals surface area contributed by atoms with Crippen molar-refractivity contribution >= 4 is 34.9 Å². The number of amides is 1. The SMILES string of the molecule is CCOC(=O)C1=C(C(=O)OCC)C2(C(=O)N(c3ccccc3)N=C2C)C(C#N)=C(N)N1c1ccc(C)cc1. The first kappa shape index (κ1) is 26.2. The fraction of sp³-hybridized carbons (Fsp3) is 0.250. The number of carbonyl (C=O) groups is 3. The number of para-hydroxylation sites is 1. The molecule has 10 heteroatoms. The molecule has 0 aliphatic carbocycles. The molecular formula is C28H27N5O5. The van der Waals surface area contributed by atoms with Crippen LogP contribution in [-0.4, -0.2) is 36.8 Å². The van der Waals surface area contributed by atoms with Crippen LogP contribution in [-0.2, 0) is 23.9 Å². The van der Waals surface area contributed by atoms with Crippen molar-refractivity contribution in [1.82, 2.24) is 0 Å². The van der Waals surface area contributed by atoms with Gasteiger partial charge in [0.05, 0.1) is 35.8 Å². The van der Waals surface area contributed by atoms with E-state index in [-0.39, 0.29) is 41.6 Å². The van der Waals surface area contributed by atoms with Gasteiger partial charge in [0.2, 0.25) is 0 Å². The summed E-state index contributed by atoms with van der Waals surface area (Å²) < 4.78 is 10.7. The van der Waals surface area contributed by atoms with E-state index < -0.39 is 23.3 Å². The Balaban J connectivity index is 2.11. The summed E-state index contributed by atoms with van der Waals surface area (Å²) in [5, 5.41) is 16.0. The summed E-state index contributed by atoms with van der Waals surface area (Å²) in [6.07, 6.45) is 0. The number of hydrogen-bond donors (Lipinski definition) is 1. The van der Waals surface area contributed by atoms with Gasteiger partial charge in [-0.25, -0.2) is 9.59 Å². The van der Waals surface area contributed by atoms with Gasteiger partial charge in [0.15, 0.2) is 5.41 Å². The Hall–Kier alpha value is -4.91. The number of nitrogens with two attached hydrogens (primary N) is 1. The summed E-state index contributed by atoms with van der Waals surface area (Å²) in [5.41, 5.74) is 5.35. The minimum atomic E-state index is -2.11. The lowest BCUT2D eigenvalue weighted by atomic mass is 9.67. The van der Waals surface area contributed by atoms with Gasteiger partial charge in [-0.1, -0.05) is 35.9 Å². The molecule has 2 aliphatic heterocycles. The lowest BCUT2D eigenvalue weighted by Gasteiger charge is -2.40. The number of carbonyl (C=O) groups excluding carboxylic acids is 3. The van der Waals surface area contributed by atoms with Crippen LogP contribution in [0.15, 0.2) is 82.4 Å². The largest absolute Gasteiger partial charge is 0.463 e. The van der Waals surface area contributed by atoms with E-state index >= 15 is 0 Å². The molecule has 0 bridgehead atoms. The van der Waals surface area contributed by atoms with Gasteiger partial charge in [0, 0.05) is 5.69 Å². The molecule has 1 unspecified atom stereocenters. The van der Waals surface area contributed by atoms with Gasteiger partial charge in [-0.3, -0.25) is 9.69 Å². The van der Waals surface area contributed by atoms with Gasteiger partial charge in [-0.05, 0) is 52.0 Å². The van der Waals surface area contributed by atoms with Gasteiger partial charge in [-0.15, -0.1) is 0 Å². The van der Waals surface area contributed by atoms with E-state index in [1.165, 1.54) is 11.8 Å². The Kier molecular flexibility index (Phi) is 7.04. The van der Waals surface area contributed by atoms with Crippen LogP contribution in [0.4, 0.5) is 11.4 Å². The quantitative estimate of drug-likeness (QED) is 0.581. The van der Waals surface area contributed by atoms with Crippen LogP contribution in [0.25, 0.3) is 0 Å². The molecule has 0 radical (unpaired) electrons. The van der Waals surface area contributed by atoms with Crippen LogP contribution in [0.1, 0.15) is 26.3 Å². The summed E-state index contributed by atoms with van der Waals surface area (Å²) in [7, 11) is 0. The number of anilines is 2. The Morgan fingerprint density at radius 3 is 2.16 bits per heavy atom. The molecule has 0 fully saturated rings. The first-order chi connectivity index (χ1) is 18.2. The third kappa shape index (κ3) is 3.89. The number of benzene rings is 2. The van der Waals surface area contributed by atoms with E-state index in [0.29, 0.717) is 11.4 Å². The molecule has 0 aromatic heterocycles. The minimum Gasteiger partial charge on any atom is -0.463 e. The van der Waals surface area contributed by atoms with E-state index in [9.17, 15) is 19.6 Å². The standard InChI is InChI=1S/C28H27N5O5/c1-5-37-25(34)22-23(26(35)38-6-2)32(19-14-12-17(3)13-15-19)24(30)21(16-29)28(22)18(4)31-33(27(28)36)20-10-8-7-9-11-20/h7-15H,5-6,30H2,1-4H3. The molecule has 10 nitrogen and oxygen atoms in total. The highest BCUT2D eigenvalue weighted by Crippen LogP contribution is 2.51. The van der Waals surface area contributed by atoms with Gasteiger partial charge in [-0.2, -0.15) is 15.4 Å². The Morgan fingerprint density at radius 2 is 1.58 bits per heavy atom. The van der Waals surface area contributed by atoms with Crippen molar-refractivity contribution in [1.29, 1.82) is 5.26 Å². The highest BCUT2D eigenvalue weighted by atomic mass is 16.5. The number of nitriles is 1. The zero-order valence-corrected chi connectivity index (χ0v) is 21.5. The number of esters is 2. The second kappa shape index (κ2) is 10.2. The maximum atomic E-state index is 14.3. The summed E-state index contributed by atoms with van der Waals surface area (Å²) in [6, 6.07) is 17.5. The Morgan fingerprint density at radius 1 is 0.974 bits per heavy atom. The molecule has 2 aromatic carbocycles.